The maximum Gasteiger partial charge on any atom is 0.410 e. The van der Waals surface area contributed by atoms with Gasteiger partial charge in [-0.05, 0) is 76.1 Å². The first kappa shape index (κ1) is 30.1. The summed E-state index contributed by atoms with van der Waals surface area (Å²) in [6, 6.07) is 22.3. The van der Waals surface area contributed by atoms with E-state index >= 15 is 0 Å². The van der Waals surface area contributed by atoms with E-state index in [-0.39, 0.29) is 22.8 Å². The van der Waals surface area contributed by atoms with Gasteiger partial charge in [-0.25, -0.2) is 19.2 Å². The Morgan fingerprint density at radius 1 is 0.889 bits per heavy atom. The summed E-state index contributed by atoms with van der Waals surface area (Å²) in [5.41, 5.74) is 0.864. The molecule has 1 aromatic heterocycles. The number of hydrogen-bond donors (Lipinski definition) is 0. The molecule has 3 aromatic carbocycles. The highest BCUT2D eigenvalue weighted by molar-refractivity contribution is 6.12. The summed E-state index contributed by atoms with van der Waals surface area (Å²) in [6.07, 6.45) is 4.46. The Hall–Kier alpha value is -4.99. The van der Waals surface area contributed by atoms with Crippen molar-refractivity contribution in [2.75, 3.05) is 36.0 Å². The average Bonchev–Trinajstić information content (AvgIpc) is 3.01. The van der Waals surface area contributed by atoms with Gasteiger partial charge < -0.3 is 19.3 Å². The van der Waals surface area contributed by atoms with Crippen molar-refractivity contribution in [1.82, 2.24) is 14.9 Å². The first-order valence-electron chi connectivity index (χ1n) is 15.1. The maximum absolute atomic E-state index is 14.7. The predicted octanol–water partition coefficient (Wildman–Crippen LogP) is 7.22. The zero-order valence-electron chi connectivity index (χ0n) is 25.6. The van der Waals surface area contributed by atoms with Crippen molar-refractivity contribution in [1.29, 1.82) is 0 Å². The number of para-hydroxylation sites is 2. The molecule has 2 fully saturated rings. The van der Waals surface area contributed by atoms with E-state index in [4.69, 9.17) is 9.47 Å². The van der Waals surface area contributed by atoms with Crippen LogP contribution in [-0.4, -0.2) is 58.6 Å². The monoisotopic (exact) mass is 609 g/mol. The first-order chi connectivity index (χ1) is 21.6. The number of likely N-dealkylation sites (tertiary alicyclic amines) is 1. The summed E-state index contributed by atoms with van der Waals surface area (Å²) in [5, 5.41) is 0. The van der Waals surface area contributed by atoms with Crippen molar-refractivity contribution in [3.05, 3.63) is 103 Å². The van der Waals surface area contributed by atoms with Gasteiger partial charge in [-0.3, -0.25) is 9.69 Å². The van der Waals surface area contributed by atoms with Crippen molar-refractivity contribution < 1.29 is 23.5 Å². The lowest BCUT2D eigenvalue weighted by Crippen LogP contribution is -2.61. The van der Waals surface area contributed by atoms with Crippen molar-refractivity contribution in [3.63, 3.8) is 0 Å². The van der Waals surface area contributed by atoms with Crippen LogP contribution in [0.3, 0.4) is 0 Å². The number of piperidine rings is 1. The second-order valence-corrected chi connectivity index (χ2v) is 12.6. The summed E-state index contributed by atoms with van der Waals surface area (Å²) in [7, 11) is 0. The number of hydrogen-bond acceptors (Lipinski definition) is 7. The second-order valence-electron chi connectivity index (χ2n) is 12.6. The molecule has 0 radical (unpaired) electrons. The predicted molar refractivity (Wildman–Crippen MR) is 170 cm³/mol. The number of benzene rings is 3. The van der Waals surface area contributed by atoms with Crippen molar-refractivity contribution in [3.8, 4) is 11.5 Å². The molecule has 1 spiro atoms. The van der Waals surface area contributed by atoms with Gasteiger partial charge in [0.25, 0.3) is 5.91 Å². The zero-order chi connectivity index (χ0) is 31.6. The lowest BCUT2D eigenvalue weighted by atomic mass is 9.72. The van der Waals surface area contributed by atoms with Crippen LogP contribution in [0.15, 0.2) is 91.4 Å². The van der Waals surface area contributed by atoms with Crippen LogP contribution in [0.1, 0.15) is 44.0 Å². The SMILES string of the molecule is CC(C)(C)OC(=O)N1CCC2(CC1)CN(c1ncncc1Oc1ccc(F)cc1C(=O)N(c1ccccc1)c1ccccc1)C2. The minimum Gasteiger partial charge on any atom is -0.451 e. The Bertz CT molecular complexity index is 1620. The molecule has 4 aromatic rings. The van der Waals surface area contributed by atoms with Crippen LogP contribution in [0, 0.1) is 11.2 Å². The highest BCUT2D eigenvalue weighted by Gasteiger charge is 2.47. The number of nitrogens with zero attached hydrogens (tertiary/aromatic N) is 5. The van der Waals surface area contributed by atoms with Crippen molar-refractivity contribution >= 4 is 29.2 Å². The third kappa shape index (κ3) is 6.60. The molecule has 2 amide bonds. The van der Waals surface area contributed by atoms with E-state index in [2.05, 4.69) is 14.9 Å². The largest absolute Gasteiger partial charge is 0.451 e. The average molecular weight is 610 g/mol. The smallest absolute Gasteiger partial charge is 0.410 e. The first-order valence-corrected chi connectivity index (χ1v) is 15.1. The van der Waals surface area contributed by atoms with Gasteiger partial charge in [0, 0.05) is 43.0 Å². The summed E-state index contributed by atoms with van der Waals surface area (Å²) in [6.45, 7) is 8.37. The van der Waals surface area contributed by atoms with Gasteiger partial charge in [0.1, 0.15) is 23.5 Å². The molecule has 0 saturated carbocycles. The maximum atomic E-state index is 14.7. The van der Waals surface area contributed by atoms with E-state index in [1.807, 2.05) is 81.4 Å². The molecule has 6 rings (SSSR count). The van der Waals surface area contributed by atoms with Crippen LogP contribution in [0.5, 0.6) is 11.5 Å². The molecule has 45 heavy (non-hydrogen) atoms. The molecule has 2 aliphatic rings. The molecule has 0 atom stereocenters. The zero-order valence-corrected chi connectivity index (χ0v) is 25.6. The Morgan fingerprint density at radius 3 is 2.11 bits per heavy atom. The van der Waals surface area contributed by atoms with E-state index in [0.29, 0.717) is 36.0 Å². The number of aromatic nitrogens is 2. The Morgan fingerprint density at radius 2 is 1.51 bits per heavy atom. The number of carbonyl (C=O) groups is 2. The van der Waals surface area contributed by atoms with Gasteiger partial charge in [0.15, 0.2) is 11.6 Å². The van der Waals surface area contributed by atoms with Gasteiger partial charge in [-0.1, -0.05) is 36.4 Å². The quantitative estimate of drug-likeness (QED) is 0.228. The number of amides is 2. The Kier molecular flexibility index (Phi) is 8.14. The molecule has 3 heterocycles. The molecule has 2 saturated heterocycles. The summed E-state index contributed by atoms with van der Waals surface area (Å²) >= 11 is 0. The molecule has 0 bridgehead atoms. The third-order valence-electron chi connectivity index (χ3n) is 8.11. The summed E-state index contributed by atoms with van der Waals surface area (Å²) < 4.78 is 26.5. The molecular formula is C35H36FN5O4. The van der Waals surface area contributed by atoms with Gasteiger partial charge >= 0.3 is 6.09 Å². The van der Waals surface area contributed by atoms with Gasteiger partial charge in [-0.15, -0.1) is 0 Å². The van der Waals surface area contributed by atoms with Crippen LogP contribution in [0.25, 0.3) is 0 Å². The third-order valence-corrected chi connectivity index (χ3v) is 8.11. The van der Waals surface area contributed by atoms with E-state index in [1.54, 1.807) is 11.1 Å². The Labute approximate surface area is 262 Å². The molecule has 10 heteroatoms. The lowest BCUT2D eigenvalue weighted by Gasteiger charge is -2.54. The van der Waals surface area contributed by atoms with Gasteiger partial charge in [0.2, 0.25) is 0 Å². The fourth-order valence-electron chi connectivity index (χ4n) is 5.87. The van der Waals surface area contributed by atoms with Crippen molar-refractivity contribution in [2.24, 2.45) is 5.41 Å². The van der Waals surface area contributed by atoms with E-state index < -0.39 is 17.3 Å². The molecule has 2 aliphatic heterocycles. The molecule has 0 N–H and O–H groups in total. The Balaban J connectivity index is 1.21. The summed E-state index contributed by atoms with van der Waals surface area (Å²) in [5.74, 6) is 0.148. The minimum atomic E-state index is -0.557. The molecular weight excluding hydrogens is 573 g/mol. The normalized spacial score (nSPS) is 15.7. The van der Waals surface area contributed by atoms with Crippen molar-refractivity contribution in [2.45, 2.75) is 39.2 Å². The molecule has 0 unspecified atom stereocenters. The van der Waals surface area contributed by atoms with Crippen LogP contribution >= 0.6 is 0 Å². The highest BCUT2D eigenvalue weighted by atomic mass is 19.1. The second kappa shape index (κ2) is 12.2. The van der Waals surface area contributed by atoms with E-state index in [0.717, 1.165) is 25.9 Å². The lowest BCUT2D eigenvalue weighted by molar-refractivity contribution is 0.00586. The summed E-state index contributed by atoms with van der Waals surface area (Å²) in [4.78, 5) is 40.8. The molecule has 0 aliphatic carbocycles. The van der Waals surface area contributed by atoms with Crippen LogP contribution < -0.4 is 14.5 Å². The van der Waals surface area contributed by atoms with Crippen LogP contribution in [0.4, 0.5) is 26.4 Å². The highest BCUT2D eigenvalue weighted by Crippen LogP contribution is 2.45. The van der Waals surface area contributed by atoms with E-state index in [9.17, 15) is 14.0 Å². The number of anilines is 3. The fourth-order valence-corrected chi connectivity index (χ4v) is 5.87. The number of halogens is 1. The minimum absolute atomic E-state index is 0.0591. The number of ether oxygens (including phenoxy) is 2. The van der Waals surface area contributed by atoms with Gasteiger partial charge in [-0.2, -0.15) is 0 Å². The van der Waals surface area contributed by atoms with E-state index in [1.165, 1.54) is 29.4 Å². The standard InChI is InChI=1S/C35H36FN5O4/c1-34(2,3)45-33(43)39-18-16-35(17-19-39)22-40(23-35)31-30(21-37-24-38-31)44-29-15-14-25(36)20-28(29)32(42)41(26-10-6-4-7-11-26)27-12-8-5-9-13-27/h4-15,20-21,24H,16-19,22-23H2,1-3H3. The number of rotatable bonds is 6. The van der Waals surface area contributed by atoms with Gasteiger partial charge in [0.05, 0.1) is 11.8 Å². The van der Waals surface area contributed by atoms with Crippen LogP contribution in [0.2, 0.25) is 0 Å². The fraction of sp³-hybridized carbons (Fsp3) is 0.314. The topological polar surface area (TPSA) is 88.1 Å². The molecule has 9 nitrogen and oxygen atoms in total. The van der Waals surface area contributed by atoms with Crippen LogP contribution in [-0.2, 0) is 4.74 Å². The number of carbonyl (C=O) groups excluding carboxylic acids is 2. The molecule has 232 valence electrons.